The number of hydrogen-bond acceptors (Lipinski definition) is 2. The Bertz CT molecular complexity index is 631. The number of aromatic nitrogens is 1. The van der Waals surface area contributed by atoms with E-state index < -0.39 is 0 Å². The second kappa shape index (κ2) is 7.66. The van der Waals surface area contributed by atoms with Crippen molar-refractivity contribution >= 4 is 46.4 Å². The molecule has 0 aliphatic heterocycles. The van der Waals surface area contributed by atoms with E-state index in [1.165, 1.54) is 0 Å². The van der Waals surface area contributed by atoms with Gasteiger partial charge in [-0.25, -0.2) is 0 Å². The molecule has 0 saturated carbocycles. The molecule has 1 aromatic heterocycles. The molecule has 0 fully saturated rings. The van der Waals surface area contributed by atoms with Crippen LogP contribution in [0.1, 0.15) is 30.6 Å². The lowest BCUT2D eigenvalue weighted by Crippen LogP contribution is -2.24. The van der Waals surface area contributed by atoms with Crippen LogP contribution in [0.2, 0.25) is 20.1 Å². The Hall–Kier alpha value is -0.510. The van der Waals surface area contributed by atoms with E-state index in [4.69, 9.17) is 46.4 Å². The van der Waals surface area contributed by atoms with Gasteiger partial charge in [-0.15, -0.1) is 0 Å². The van der Waals surface area contributed by atoms with Gasteiger partial charge in [0.05, 0.1) is 31.8 Å². The molecule has 1 N–H and O–H groups in total. The SMILES string of the molecule is CCCNC(c1cccc(Cl)c1Cl)c1ncc(Cl)cc1Cl. The van der Waals surface area contributed by atoms with Crippen LogP contribution in [-0.2, 0) is 0 Å². The monoisotopic (exact) mass is 362 g/mol. The van der Waals surface area contributed by atoms with Crippen LogP contribution in [-0.4, -0.2) is 11.5 Å². The molecule has 0 aliphatic rings. The first kappa shape index (κ1) is 16.9. The van der Waals surface area contributed by atoms with Crippen molar-refractivity contribution in [2.45, 2.75) is 19.4 Å². The molecule has 6 heteroatoms. The second-order valence-corrected chi connectivity index (χ2v) is 6.18. The summed E-state index contributed by atoms with van der Waals surface area (Å²) in [5, 5.41) is 5.39. The van der Waals surface area contributed by atoms with Gasteiger partial charge in [0.1, 0.15) is 0 Å². The summed E-state index contributed by atoms with van der Waals surface area (Å²) in [5.41, 5.74) is 1.52. The Morgan fingerprint density at radius 2 is 1.90 bits per heavy atom. The van der Waals surface area contributed by atoms with Crippen molar-refractivity contribution in [3.63, 3.8) is 0 Å². The van der Waals surface area contributed by atoms with E-state index in [0.717, 1.165) is 18.5 Å². The fraction of sp³-hybridized carbons (Fsp3) is 0.267. The average Bonchev–Trinajstić information content (AvgIpc) is 2.45. The predicted octanol–water partition coefficient (Wildman–Crippen LogP) is 5.78. The first-order chi connectivity index (χ1) is 10.0. The highest BCUT2D eigenvalue weighted by molar-refractivity contribution is 6.42. The molecule has 2 rings (SSSR count). The molecule has 0 amide bonds. The first-order valence-electron chi connectivity index (χ1n) is 6.52. The molecule has 0 spiro atoms. The van der Waals surface area contributed by atoms with Crippen molar-refractivity contribution in [2.24, 2.45) is 0 Å². The lowest BCUT2D eigenvalue weighted by molar-refractivity contribution is 0.587. The van der Waals surface area contributed by atoms with Crippen LogP contribution < -0.4 is 5.32 Å². The van der Waals surface area contributed by atoms with Gasteiger partial charge in [-0.3, -0.25) is 4.98 Å². The molecule has 0 bridgehead atoms. The second-order valence-electron chi connectivity index (χ2n) is 4.55. The average molecular weight is 364 g/mol. The minimum absolute atomic E-state index is 0.235. The minimum atomic E-state index is -0.235. The maximum Gasteiger partial charge on any atom is 0.0806 e. The van der Waals surface area contributed by atoms with Crippen LogP contribution in [0.4, 0.5) is 0 Å². The molecule has 112 valence electrons. The Labute approximate surface area is 144 Å². The number of hydrogen-bond donors (Lipinski definition) is 1. The molecule has 0 aliphatic carbocycles. The fourth-order valence-electron chi connectivity index (χ4n) is 2.02. The highest BCUT2D eigenvalue weighted by atomic mass is 35.5. The lowest BCUT2D eigenvalue weighted by Gasteiger charge is -2.21. The minimum Gasteiger partial charge on any atom is -0.305 e. The summed E-state index contributed by atoms with van der Waals surface area (Å²) in [6.45, 7) is 2.88. The van der Waals surface area contributed by atoms with Crippen molar-refractivity contribution in [1.29, 1.82) is 0 Å². The van der Waals surface area contributed by atoms with Gasteiger partial charge < -0.3 is 5.32 Å². The summed E-state index contributed by atoms with van der Waals surface area (Å²) in [7, 11) is 0. The van der Waals surface area contributed by atoms with Crippen molar-refractivity contribution in [2.75, 3.05) is 6.54 Å². The highest BCUT2D eigenvalue weighted by Crippen LogP contribution is 2.35. The van der Waals surface area contributed by atoms with Crippen molar-refractivity contribution in [3.8, 4) is 0 Å². The summed E-state index contributed by atoms with van der Waals surface area (Å²) in [6.07, 6.45) is 2.54. The van der Waals surface area contributed by atoms with Crippen LogP contribution in [0.25, 0.3) is 0 Å². The Kier molecular flexibility index (Phi) is 6.15. The molecule has 0 saturated heterocycles. The number of pyridine rings is 1. The Morgan fingerprint density at radius 3 is 2.57 bits per heavy atom. The number of benzene rings is 1. The fourth-order valence-corrected chi connectivity index (χ4v) is 2.93. The summed E-state index contributed by atoms with van der Waals surface area (Å²) >= 11 is 24.6. The van der Waals surface area contributed by atoms with E-state index in [1.54, 1.807) is 18.3 Å². The van der Waals surface area contributed by atoms with Gasteiger partial charge in [-0.2, -0.15) is 0 Å². The zero-order valence-electron chi connectivity index (χ0n) is 11.3. The molecule has 2 aromatic rings. The van der Waals surface area contributed by atoms with E-state index in [9.17, 15) is 0 Å². The third-order valence-electron chi connectivity index (χ3n) is 3.00. The highest BCUT2D eigenvalue weighted by Gasteiger charge is 2.21. The van der Waals surface area contributed by atoms with Crippen molar-refractivity contribution in [1.82, 2.24) is 10.3 Å². The van der Waals surface area contributed by atoms with Gasteiger partial charge >= 0.3 is 0 Å². The summed E-state index contributed by atoms with van der Waals surface area (Å²) in [4.78, 5) is 4.35. The van der Waals surface area contributed by atoms with Crippen LogP contribution >= 0.6 is 46.4 Å². The summed E-state index contributed by atoms with van der Waals surface area (Å²) in [5.74, 6) is 0. The van der Waals surface area contributed by atoms with E-state index in [2.05, 4.69) is 17.2 Å². The molecule has 2 nitrogen and oxygen atoms in total. The number of halogens is 4. The maximum absolute atomic E-state index is 6.33. The molecule has 1 atom stereocenters. The van der Waals surface area contributed by atoms with Crippen LogP contribution in [0.5, 0.6) is 0 Å². The van der Waals surface area contributed by atoms with Gasteiger partial charge in [0.15, 0.2) is 0 Å². The number of rotatable bonds is 5. The van der Waals surface area contributed by atoms with Gasteiger partial charge in [0.25, 0.3) is 0 Å². The Balaban J connectivity index is 2.49. The number of nitrogens with one attached hydrogen (secondary N) is 1. The van der Waals surface area contributed by atoms with Gasteiger partial charge in [-0.05, 0) is 30.7 Å². The van der Waals surface area contributed by atoms with Crippen molar-refractivity contribution in [3.05, 3.63) is 61.8 Å². The summed E-state index contributed by atoms with van der Waals surface area (Å²) in [6, 6.07) is 6.95. The smallest absolute Gasteiger partial charge is 0.0806 e. The van der Waals surface area contributed by atoms with Gasteiger partial charge in [0, 0.05) is 6.20 Å². The molecule has 1 heterocycles. The molecule has 1 unspecified atom stereocenters. The zero-order chi connectivity index (χ0) is 15.4. The molecular weight excluding hydrogens is 350 g/mol. The third kappa shape index (κ3) is 4.02. The standard InChI is InChI=1S/C15H14Cl4N2/c1-2-6-20-14(10-4-3-5-11(17)13(10)19)15-12(18)7-9(16)8-21-15/h3-5,7-8,14,20H,2,6H2,1H3. The van der Waals surface area contributed by atoms with E-state index >= 15 is 0 Å². The maximum atomic E-state index is 6.33. The largest absolute Gasteiger partial charge is 0.305 e. The molecular formula is C15H14Cl4N2. The van der Waals surface area contributed by atoms with Crippen molar-refractivity contribution < 1.29 is 0 Å². The van der Waals surface area contributed by atoms with Crippen LogP contribution in [0.15, 0.2) is 30.5 Å². The van der Waals surface area contributed by atoms with E-state index in [1.807, 2.05) is 12.1 Å². The quantitative estimate of drug-likeness (QED) is 0.727. The lowest BCUT2D eigenvalue weighted by atomic mass is 10.0. The normalized spacial score (nSPS) is 12.4. The van der Waals surface area contributed by atoms with E-state index in [0.29, 0.717) is 25.8 Å². The van der Waals surface area contributed by atoms with Gasteiger partial charge in [-0.1, -0.05) is 65.5 Å². The van der Waals surface area contributed by atoms with Gasteiger partial charge in [0.2, 0.25) is 0 Å². The Morgan fingerprint density at radius 1 is 1.14 bits per heavy atom. The van der Waals surface area contributed by atoms with Crippen LogP contribution in [0.3, 0.4) is 0 Å². The molecule has 0 radical (unpaired) electrons. The number of nitrogens with zero attached hydrogens (tertiary/aromatic N) is 1. The molecule has 1 aromatic carbocycles. The molecule has 21 heavy (non-hydrogen) atoms. The zero-order valence-corrected chi connectivity index (χ0v) is 14.4. The first-order valence-corrected chi connectivity index (χ1v) is 8.04. The summed E-state index contributed by atoms with van der Waals surface area (Å²) < 4.78 is 0. The topological polar surface area (TPSA) is 24.9 Å². The predicted molar refractivity (Wildman–Crippen MR) is 90.9 cm³/mol. The van der Waals surface area contributed by atoms with Crippen LogP contribution in [0, 0.1) is 0 Å². The third-order valence-corrected chi connectivity index (χ3v) is 4.34. The van der Waals surface area contributed by atoms with E-state index in [-0.39, 0.29) is 6.04 Å².